The molecule has 5 rings (SSSR count). The molecule has 0 unspecified atom stereocenters. The van der Waals surface area contributed by atoms with Gasteiger partial charge in [-0.25, -0.2) is 18.7 Å². The number of nitrogens with zero attached hydrogens (tertiary/aromatic N) is 3. The Kier molecular flexibility index (Phi) is 7.22. The molecule has 0 saturated carbocycles. The molecule has 0 aliphatic heterocycles. The first-order valence-electron chi connectivity index (χ1n) is 14.4. The van der Waals surface area contributed by atoms with E-state index in [0.717, 1.165) is 60.3 Å². The van der Waals surface area contributed by atoms with Crippen LogP contribution < -0.4 is 0 Å². The summed E-state index contributed by atoms with van der Waals surface area (Å²) in [6.45, 7) is 16.1. The molecule has 0 aliphatic carbocycles. The summed E-state index contributed by atoms with van der Waals surface area (Å²) in [4.78, 5) is 30.0. The second kappa shape index (κ2) is 10.3. The Labute approximate surface area is 247 Å². The van der Waals surface area contributed by atoms with Crippen molar-refractivity contribution in [3.63, 3.8) is 0 Å². The standard InChI is InChI=1S/C35H41N3O4/c1-21(19-20-36(9)10)27-29-24-16-12-14-18-26(24)37(32(39)41-34(3,4)5)30(29)22(2)28-23-15-11-13-17-25(23)38(31(27)28)33(40)42-35(6,7)8/h11-19H,20H2,1-10H3/b21-19+. The second-order valence-corrected chi connectivity index (χ2v) is 13.3. The summed E-state index contributed by atoms with van der Waals surface area (Å²) >= 11 is 0. The fourth-order valence-corrected chi connectivity index (χ4v) is 5.74. The van der Waals surface area contributed by atoms with Gasteiger partial charge in [0.2, 0.25) is 0 Å². The quantitative estimate of drug-likeness (QED) is 0.218. The van der Waals surface area contributed by atoms with E-state index >= 15 is 0 Å². The topological polar surface area (TPSA) is 65.7 Å². The normalized spacial score (nSPS) is 13.2. The van der Waals surface area contributed by atoms with Gasteiger partial charge in [0.25, 0.3) is 0 Å². The highest BCUT2D eigenvalue weighted by Crippen LogP contribution is 2.45. The number of aromatic nitrogens is 2. The van der Waals surface area contributed by atoms with E-state index in [9.17, 15) is 9.59 Å². The van der Waals surface area contributed by atoms with Gasteiger partial charge in [-0.05, 0) is 92.8 Å². The molecule has 2 heterocycles. The molecule has 5 aromatic rings. The van der Waals surface area contributed by atoms with E-state index in [1.165, 1.54) is 0 Å². The molecule has 0 aliphatic rings. The van der Waals surface area contributed by atoms with E-state index in [0.29, 0.717) is 6.54 Å². The maximum atomic E-state index is 14.0. The van der Waals surface area contributed by atoms with Crippen LogP contribution in [0.5, 0.6) is 0 Å². The first-order valence-corrected chi connectivity index (χ1v) is 14.4. The van der Waals surface area contributed by atoms with Crippen LogP contribution in [0.25, 0.3) is 49.2 Å². The molecule has 3 aromatic carbocycles. The summed E-state index contributed by atoms with van der Waals surface area (Å²) in [5.41, 5.74) is 4.49. The number of carbonyl (C=O) groups is 2. The van der Waals surface area contributed by atoms with Gasteiger partial charge in [-0.2, -0.15) is 0 Å². The maximum absolute atomic E-state index is 14.0. The van der Waals surface area contributed by atoms with Crippen molar-refractivity contribution in [3.8, 4) is 0 Å². The van der Waals surface area contributed by atoms with Gasteiger partial charge in [0.1, 0.15) is 11.2 Å². The van der Waals surface area contributed by atoms with Crippen molar-refractivity contribution in [2.45, 2.75) is 66.6 Å². The third kappa shape index (κ3) is 5.07. The molecule has 0 bridgehead atoms. The van der Waals surface area contributed by atoms with Crippen LogP contribution in [-0.2, 0) is 9.47 Å². The Morgan fingerprint density at radius 3 is 1.69 bits per heavy atom. The van der Waals surface area contributed by atoms with Crippen LogP contribution in [0.2, 0.25) is 0 Å². The van der Waals surface area contributed by atoms with Crippen LogP contribution in [0.4, 0.5) is 9.59 Å². The molecule has 0 saturated heterocycles. The number of fused-ring (bicyclic) bond motifs is 6. The summed E-state index contributed by atoms with van der Waals surface area (Å²) < 4.78 is 15.4. The van der Waals surface area contributed by atoms with Crippen LogP contribution in [0.3, 0.4) is 0 Å². The fraction of sp³-hybridized carbons (Fsp3) is 0.371. The van der Waals surface area contributed by atoms with E-state index in [2.05, 4.69) is 17.9 Å². The minimum absolute atomic E-state index is 0.437. The van der Waals surface area contributed by atoms with Crippen LogP contribution in [0.15, 0.2) is 54.6 Å². The molecule has 220 valence electrons. The molecule has 0 atom stereocenters. The van der Waals surface area contributed by atoms with E-state index in [1.807, 2.05) is 111 Å². The molecule has 2 aromatic heterocycles. The number of benzene rings is 3. The summed E-state index contributed by atoms with van der Waals surface area (Å²) in [6.07, 6.45) is 1.29. The van der Waals surface area contributed by atoms with Gasteiger partial charge in [-0.3, -0.25) is 0 Å². The Bertz CT molecular complexity index is 1900. The van der Waals surface area contributed by atoms with Crippen molar-refractivity contribution in [2.24, 2.45) is 0 Å². The van der Waals surface area contributed by atoms with E-state index in [-0.39, 0.29) is 0 Å². The largest absolute Gasteiger partial charge is 0.443 e. The summed E-state index contributed by atoms with van der Waals surface area (Å²) in [5.74, 6) is 0. The minimum Gasteiger partial charge on any atom is -0.443 e. The smallest absolute Gasteiger partial charge is 0.419 e. The molecular formula is C35H41N3O4. The van der Waals surface area contributed by atoms with Gasteiger partial charge >= 0.3 is 12.2 Å². The van der Waals surface area contributed by atoms with Gasteiger partial charge in [0, 0.05) is 33.7 Å². The highest BCUT2D eigenvalue weighted by molar-refractivity contribution is 6.28. The van der Waals surface area contributed by atoms with Gasteiger partial charge in [-0.1, -0.05) is 42.5 Å². The Morgan fingerprint density at radius 1 is 0.762 bits per heavy atom. The Balaban J connectivity index is 2.08. The third-order valence-electron chi connectivity index (χ3n) is 7.28. The molecule has 0 spiro atoms. The number of allylic oxidation sites excluding steroid dienone is 1. The third-order valence-corrected chi connectivity index (χ3v) is 7.28. The lowest BCUT2D eigenvalue weighted by atomic mass is 9.93. The number of likely N-dealkylation sites (N-methyl/N-ethyl adjacent to an activating group) is 1. The predicted octanol–water partition coefficient (Wildman–Crippen LogP) is 8.74. The van der Waals surface area contributed by atoms with E-state index < -0.39 is 23.4 Å². The van der Waals surface area contributed by atoms with Gasteiger partial charge in [0.15, 0.2) is 0 Å². The molecule has 0 fully saturated rings. The van der Waals surface area contributed by atoms with Crippen molar-refractivity contribution in [3.05, 3.63) is 65.7 Å². The number of hydrogen-bond donors (Lipinski definition) is 0. The lowest BCUT2D eigenvalue weighted by Gasteiger charge is -2.22. The minimum atomic E-state index is -0.684. The second-order valence-electron chi connectivity index (χ2n) is 13.3. The highest BCUT2D eigenvalue weighted by Gasteiger charge is 2.31. The van der Waals surface area contributed by atoms with Crippen molar-refractivity contribution < 1.29 is 19.1 Å². The van der Waals surface area contributed by atoms with E-state index in [1.54, 1.807) is 9.13 Å². The average Bonchev–Trinajstić information content (AvgIpc) is 3.40. The van der Waals surface area contributed by atoms with Crippen molar-refractivity contribution in [2.75, 3.05) is 20.6 Å². The van der Waals surface area contributed by atoms with Crippen molar-refractivity contribution in [1.82, 2.24) is 14.0 Å². The first kappa shape index (κ1) is 29.4. The predicted molar refractivity (Wildman–Crippen MR) is 173 cm³/mol. The highest BCUT2D eigenvalue weighted by atomic mass is 16.6. The van der Waals surface area contributed by atoms with Crippen molar-refractivity contribution in [1.29, 1.82) is 0 Å². The molecule has 7 nitrogen and oxygen atoms in total. The van der Waals surface area contributed by atoms with Crippen LogP contribution in [-0.4, -0.2) is 58.1 Å². The lowest BCUT2D eigenvalue weighted by molar-refractivity contribution is 0.0539. The first-order chi connectivity index (χ1) is 19.6. The monoisotopic (exact) mass is 567 g/mol. The van der Waals surface area contributed by atoms with Gasteiger partial charge in [-0.15, -0.1) is 0 Å². The SMILES string of the molecule is C/C(=C\CN(C)C)c1c2c3ccccc3n(C(=O)OC(C)(C)C)c2c(C)c2c3ccccc3n(C(=O)OC(C)(C)C)c12. The molecule has 42 heavy (non-hydrogen) atoms. The number of hydrogen-bond acceptors (Lipinski definition) is 5. The van der Waals surface area contributed by atoms with E-state index in [4.69, 9.17) is 9.47 Å². The van der Waals surface area contributed by atoms with Gasteiger partial charge < -0.3 is 14.4 Å². The van der Waals surface area contributed by atoms with Crippen LogP contribution >= 0.6 is 0 Å². The maximum Gasteiger partial charge on any atom is 0.419 e. The number of carbonyl (C=O) groups excluding carboxylic acids is 2. The lowest BCUT2D eigenvalue weighted by Crippen LogP contribution is -2.27. The summed E-state index contributed by atoms with van der Waals surface area (Å²) in [7, 11) is 4.05. The molecule has 0 amide bonds. The molecule has 0 radical (unpaired) electrons. The number of aryl methyl sites for hydroxylation is 1. The number of rotatable bonds is 3. The fourth-order valence-electron chi connectivity index (χ4n) is 5.74. The van der Waals surface area contributed by atoms with Crippen LogP contribution in [0, 0.1) is 6.92 Å². The molecular weight excluding hydrogens is 526 g/mol. The summed E-state index contributed by atoms with van der Waals surface area (Å²) in [5, 5.41) is 3.64. The van der Waals surface area contributed by atoms with Crippen molar-refractivity contribution >= 4 is 61.4 Å². The summed E-state index contributed by atoms with van der Waals surface area (Å²) in [6, 6.07) is 15.8. The molecule has 0 N–H and O–H groups in total. The average molecular weight is 568 g/mol. The Hall–Kier alpha value is -4.10. The zero-order chi connectivity index (χ0) is 30.7. The van der Waals surface area contributed by atoms with Crippen LogP contribution in [0.1, 0.15) is 59.6 Å². The molecule has 7 heteroatoms. The number of para-hydroxylation sites is 2. The zero-order valence-corrected chi connectivity index (χ0v) is 26.4. The van der Waals surface area contributed by atoms with Gasteiger partial charge in [0.05, 0.1) is 22.1 Å². The number of ether oxygens (including phenoxy) is 2. The Morgan fingerprint density at radius 2 is 1.21 bits per heavy atom. The zero-order valence-electron chi connectivity index (χ0n) is 26.4.